The molecule has 184 valence electrons. The van der Waals surface area contributed by atoms with Gasteiger partial charge in [-0.3, -0.25) is 19.2 Å². The molecule has 0 saturated carbocycles. The normalized spacial score (nSPS) is 25.0. The number of carbonyl (C=O) groups is 4. The van der Waals surface area contributed by atoms with Gasteiger partial charge >= 0.3 is 23.9 Å². The maximum Gasteiger partial charge on any atom is 0.306 e. The van der Waals surface area contributed by atoms with Gasteiger partial charge in [0.25, 0.3) is 0 Å². The Morgan fingerprint density at radius 2 is 1.06 bits per heavy atom. The Morgan fingerprint density at radius 3 is 1.53 bits per heavy atom. The van der Waals surface area contributed by atoms with Crippen LogP contribution in [0.15, 0.2) is 0 Å². The molecule has 0 aromatic carbocycles. The van der Waals surface area contributed by atoms with E-state index in [-0.39, 0.29) is 32.3 Å². The van der Waals surface area contributed by atoms with Gasteiger partial charge in [-0.2, -0.15) is 0 Å². The Labute approximate surface area is 188 Å². The van der Waals surface area contributed by atoms with Crippen molar-refractivity contribution in [1.29, 1.82) is 0 Å². The van der Waals surface area contributed by atoms with Gasteiger partial charge in [0.1, 0.15) is 12.7 Å². The highest BCUT2D eigenvalue weighted by atomic mass is 16.7. The van der Waals surface area contributed by atoms with Crippen LogP contribution in [-0.4, -0.2) is 66.3 Å². The molecule has 0 bridgehead atoms. The molecule has 1 fully saturated rings. The van der Waals surface area contributed by atoms with Gasteiger partial charge in [-0.1, -0.05) is 27.7 Å². The van der Waals surface area contributed by atoms with Crippen molar-refractivity contribution >= 4 is 23.9 Å². The molecule has 0 amide bonds. The third-order valence-electron chi connectivity index (χ3n) is 4.64. The van der Waals surface area contributed by atoms with Gasteiger partial charge < -0.3 is 28.8 Å². The predicted octanol–water partition coefficient (Wildman–Crippen LogP) is 2.18. The average Bonchev–Trinajstić information content (AvgIpc) is 2.72. The van der Waals surface area contributed by atoms with Crippen molar-refractivity contribution in [1.82, 2.24) is 0 Å². The van der Waals surface area contributed by atoms with Crippen molar-refractivity contribution in [2.24, 2.45) is 0 Å². The molecule has 1 saturated heterocycles. The molecule has 0 radical (unpaired) electrons. The molecular formula is C22H36O10. The third kappa shape index (κ3) is 9.12. The van der Waals surface area contributed by atoms with E-state index in [1.165, 1.54) is 0 Å². The van der Waals surface area contributed by atoms with Crippen LogP contribution in [0.5, 0.6) is 0 Å². The zero-order valence-electron chi connectivity index (χ0n) is 19.4. The molecule has 0 aromatic rings. The van der Waals surface area contributed by atoms with Crippen molar-refractivity contribution < 1.29 is 48.0 Å². The predicted molar refractivity (Wildman–Crippen MR) is 111 cm³/mol. The summed E-state index contributed by atoms with van der Waals surface area (Å²) in [5.74, 6) is -2.30. The average molecular weight is 461 g/mol. The number of esters is 4. The smallest absolute Gasteiger partial charge is 0.306 e. The fourth-order valence-electron chi connectivity index (χ4n) is 3.13. The zero-order chi connectivity index (χ0) is 24.1. The third-order valence-corrected chi connectivity index (χ3v) is 4.64. The fourth-order valence-corrected chi connectivity index (χ4v) is 3.13. The van der Waals surface area contributed by atoms with Crippen molar-refractivity contribution in [3.05, 3.63) is 0 Å². The van der Waals surface area contributed by atoms with E-state index in [1.54, 1.807) is 20.8 Å². The van der Waals surface area contributed by atoms with E-state index in [9.17, 15) is 24.3 Å². The Hall–Kier alpha value is -2.20. The van der Waals surface area contributed by atoms with Crippen LogP contribution in [0.3, 0.4) is 0 Å². The summed E-state index contributed by atoms with van der Waals surface area (Å²) in [6, 6.07) is 0. The molecule has 0 aliphatic carbocycles. The molecule has 5 atom stereocenters. The number of rotatable bonds is 13. The van der Waals surface area contributed by atoms with Crippen molar-refractivity contribution in [3.8, 4) is 0 Å². The fraction of sp³-hybridized carbons (Fsp3) is 0.818. The van der Waals surface area contributed by atoms with E-state index < -0.39 is 54.6 Å². The summed E-state index contributed by atoms with van der Waals surface area (Å²) in [6.45, 7) is 6.84. The van der Waals surface area contributed by atoms with Gasteiger partial charge in [0, 0.05) is 25.7 Å². The largest absolute Gasteiger partial charge is 0.463 e. The first kappa shape index (κ1) is 27.8. The van der Waals surface area contributed by atoms with Gasteiger partial charge in [0.2, 0.25) is 0 Å². The maximum atomic E-state index is 12.3. The lowest BCUT2D eigenvalue weighted by Crippen LogP contribution is -2.62. The van der Waals surface area contributed by atoms with Gasteiger partial charge in [0.05, 0.1) is 0 Å². The van der Waals surface area contributed by atoms with E-state index in [2.05, 4.69) is 0 Å². The van der Waals surface area contributed by atoms with Gasteiger partial charge in [0.15, 0.2) is 24.6 Å². The Balaban J connectivity index is 3.19. The molecule has 0 unspecified atom stereocenters. The standard InChI is InChI=1S/C22H36O10/c1-5-9-15(23)28-13-14-19(30-16(24)10-6-2)20(31-17(25)11-7-3)21(22(27)29-14)32-18(26)12-8-4/h14,19-22,27H,5-13H2,1-4H3/t14-,19-,20+,21-,22+/m1/s1. The van der Waals surface area contributed by atoms with Crippen LogP contribution < -0.4 is 0 Å². The van der Waals surface area contributed by atoms with Crippen LogP contribution in [0.2, 0.25) is 0 Å². The minimum atomic E-state index is -1.67. The first-order chi connectivity index (χ1) is 15.3. The van der Waals surface area contributed by atoms with E-state index >= 15 is 0 Å². The van der Waals surface area contributed by atoms with Gasteiger partial charge in [-0.05, 0) is 25.7 Å². The van der Waals surface area contributed by atoms with E-state index in [1.807, 2.05) is 6.92 Å². The van der Waals surface area contributed by atoms with Crippen LogP contribution in [0.1, 0.15) is 79.1 Å². The molecule has 10 nitrogen and oxygen atoms in total. The van der Waals surface area contributed by atoms with E-state index in [4.69, 9.17) is 23.7 Å². The van der Waals surface area contributed by atoms with E-state index in [0.717, 1.165) is 0 Å². The topological polar surface area (TPSA) is 135 Å². The van der Waals surface area contributed by atoms with Crippen LogP contribution in [-0.2, 0) is 42.9 Å². The van der Waals surface area contributed by atoms with Crippen LogP contribution in [0.4, 0.5) is 0 Å². The second kappa shape index (κ2) is 14.8. The number of hydrogen-bond donors (Lipinski definition) is 1. The number of aliphatic hydroxyl groups is 1. The highest BCUT2D eigenvalue weighted by molar-refractivity contribution is 5.72. The van der Waals surface area contributed by atoms with Crippen molar-refractivity contribution in [3.63, 3.8) is 0 Å². The molecule has 1 aliphatic heterocycles. The monoisotopic (exact) mass is 460 g/mol. The lowest BCUT2D eigenvalue weighted by Gasteiger charge is -2.42. The number of carbonyl (C=O) groups excluding carboxylic acids is 4. The maximum absolute atomic E-state index is 12.3. The summed E-state index contributed by atoms with van der Waals surface area (Å²) in [7, 11) is 0. The minimum absolute atomic E-state index is 0.0782. The number of aliphatic hydroxyl groups excluding tert-OH is 1. The summed E-state index contributed by atoms with van der Waals surface area (Å²) in [4.78, 5) is 48.5. The summed E-state index contributed by atoms with van der Waals surface area (Å²) < 4.78 is 27.0. The highest BCUT2D eigenvalue weighted by Gasteiger charge is 2.52. The van der Waals surface area contributed by atoms with Crippen molar-refractivity contribution in [2.45, 2.75) is 110 Å². The quantitative estimate of drug-likeness (QED) is 0.322. The molecule has 0 aromatic heterocycles. The van der Waals surface area contributed by atoms with Gasteiger partial charge in [-0.15, -0.1) is 0 Å². The Bertz CT molecular complexity index is 620. The first-order valence-electron chi connectivity index (χ1n) is 11.3. The Kier molecular flexibility index (Phi) is 12.9. The summed E-state index contributed by atoms with van der Waals surface area (Å²) in [5, 5.41) is 10.5. The summed E-state index contributed by atoms with van der Waals surface area (Å²) in [6.07, 6.45) is -4.23. The summed E-state index contributed by atoms with van der Waals surface area (Å²) >= 11 is 0. The van der Waals surface area contributed by atoms with Crippen LogP contribution >= 0.6 is 0 Å². The van der Waals surface area contributed by atoms with Crippen molar-refractivity contribution in [2.75, 3.05) is 6.61 Å². The van der Waals surface area contributed by atoms with Crippen LogP contribution in [0, 0.1) is 0 Å². The highest BCUT2D eigenvalue weighted by Crippen LogP contribution is 2.29. The molecule has 32 heavy (non-hydrogen) atoms. The molecule has 1 heterocycles. The number of ether oxygens (including phenoxy) is 5. The zero-order valence-corrected chi connectivity index (χ0v) is 19.4. The minimum Gasteiger partial charge on any atom is -0.463 e. The lowest BCUT2D eigenvalue weighted by molar-refractivity contribution is -0.297. The number of hydrogen-bond acceptors (Lipinski definition) is 10. The second-order valence-corrected chi connectivity index (χ2v) is 7.61. The SMILES string of the molecule is CCCC(=O)OC[C@H]1O[C@H](O)[C@H](OC(=O)CCC)[C@@H](OC(=O)CCC)[C@@H]1OC(=O)CCC. The van der Waals surface area contributed by atoms with Gasteiger partial charge in [-0.25, -0.2) is 0 Å². The lowest BCUT2D eigenvalue weighted by atomic mass is 9.98. The second-order valence-electron chi connectivity index (χ2n) is 7.61. The molecule has 0 spiro atoms. The molecule has 1 aliphatic rings. The Morgan fingerprint density at radius 1 is 0.656 bits per heavy atom. The summed E-state index contributed by atoms with van der Waals surface area (Å²) in [5.41, 5.74) is 0. The van der Waals surface area contributed by atoms with Crippen LogP contribution in [0.25, 0.3) is 0 Å². The van der Waals surface area contributed by atoms with E-state index in [0.29, 0.717) is 25.7 Å². The molecular weight excluding hydrogens is 424 g/mol. The first-order valence-corrected chi connectivity index (χ1v) is 11.3. The molecule has 1 N–H and O–H groups in total. The molecule has 10 heteroatoms. The molecule has 1 rings (SSSR count).